The second kappa shape index (κ2) is 7.02. The fourth-order valence-electron chi connectivity index (χ4n) is 2.88. The van der Waals surface area contributed by atoms with E-state index in [9.17, 15) is 4.39 Å². The topological polar surface area (TPSA) is 85.9 Å². The van der Waals surface area contributed by atoms with E-state index in [4.69, 9.17) is 21.1 Å². The number of nitrogens with zero attached hydrogens (tertiary/aromatic N) is 5. The van der Waals surface area contributed by atoms with Gasteiger partial charge in [-0.1, -0.05) is 17.7 Å². The third kappa shape index (κ3) is 3.21. The second-order valence-corrected chi connectivity index (χ2v) is 6.50. The van der Waals surface area contributed by atoms with Gasteiger partial charge in [0, 0.05) is 0 Å². The summed E-state index contributed by atoms with van der Waals surface area (Å²) in [7, 11) is 0. The van der Waals surface area contributed by atoms with E-state index >= 15 is 0 Å². The van der Waals surface area contributed by atoms with Gasteiger partial charge in [-0.3, -0.25) is 5.43 Å². The molecule has 2 aromatic carbocycles. The lowest BCUT2D eigenvalue weighted by atomic mass is 10.2. The Bertz CT molecular complexity index is 1240. The van der Waals surface area contributed by atoms with E-state index in [-0.39, 0.29) is 23.2 Å². The summed E-state index contributed by atoms with van der Waals surface area (Å²) < 4.78 is 26.3. The fraction of sp³-hybridized carbons (Fsp3) is 0.0526. The van der Waals surface area contributed by atoms with Crippen LogP contribution in [0.25, 0.3) is 17.0 Å². The van der Waals surface area contributed by atoms with E-state index in [1.54, 1.807) is 24.4 Å². The van der Waals surface area contributed by atoms with Crippen LogP contribution in [0.3, 0.4) is 0 Å². The molecule has 29 heavy (non-hydrogen) atoms. The molecule has 0 fully saturated rings. The van der Waals surface area contributed by atoms with Crippen LogP contribution in [-0.2, 0) is 0 Å². The lowest BCUT2D eigenvalue weighted by Gasteiger charge is -2.05. The summed E-state index contributed by atoms with van der Waals surface area (Å²) in [5.41, 5.74) is 4.24. The van der Waals surface area contributed by atoms with E-state index in [1.807, 2.05) is 18.2 Å². The molecule has 0 saturated carbocycles. The number of anilines is 1. The molecule has 0 aliphatic carbocycles. The van der Waals surface area contributed by atoms with Gasteiger partial charge in [0.1, 0.15) is 5.82 Å². The number of ether oxygens (including phenoxy) is 2. The molecule has 2 aromatic heterocycles. The zero-order chi connectivity index (χ0) is 19.8. The van der Waals surface area contributed by atoms with E-state index < -0.39 is 5.82 Å². The molecule has 1 aliphatic rings. The standard InChI is InChI=1S/C19H12ClFN6O2/c20-12-2-1-3-13(21)18(12)19-25-24-17-7-6-16(26-27(17)19)23-22-9-11-4-5-14-15(8-11)29-10-28-14/h1-9H,10H2,(H,23,26)/b22-9-. The first-order chi connectivity index (χ1) is 14.2. The Labute approximate surface area is 168 Å². The molecule has 144 valence electrons. The molecule has 10 heteroatoms. The smallest absolute Gasteiger partial charge is 0.231 e. The molecule has 0 radical (unpaired) electrons. The van der Waals surface area contributed by atoms with Crippen LogP contribution < -0.4 is 14.9 Å². The summed E-state index contributed by atoms with van der Waals surface area (Å²) in [5.74, 6) is 1.49. The highest BCUT2D eigenvalue weighted by molar-refractivity contribution is 6.33. The lowest BCUT2D eigenvalue weighted by molar-refractivity contribution is 0.174. The number of hydrazone groups is 1. The first-order valence-electron chi connectivity index (χ1n) is 8.54. The normalized spacial score (nSPS) is 12.8. The molecule has 0 unspecified atom stereocenters. The maximum atomic E-state index is 14.3. The third-order valence-corrected chi connectivity index (χ3v) is 4.55. The van der Waals surface area contributed by atoms with Gasteiger partial charge in [0.2, 0.25) is 6.79 Å². The zero-order valence-electron chi connectivity index (χ0n) is 14.7. The molecule has 0 saturated heterocycles. The van der Waals surface area contributed by atoms with Crippen molar-refractivity contribution in [3.05, 3.63) is 64.9 Å². The summed E-state index contributed by atoms with van der Waals surface area (Å²) in [6.07, 6.45) is 1.62. The van der Waals surface area contributed by atoms with Crippen molar-refractivity contribution < 1.29 is 13.9 Å². The van der Waals surface area contributed by atoms with Gasteiger partial charge in [-0.2, -0.15) is 9.62 Å². The summed E-state index contributed by atoms with van der Waals surface area (Å²) >= 11 is 6.15. The Morgan fingerprint density at radius 2 is 2.00 bits per heavy atom. The van der Waals surface area contributed by atoms with Crippen LogP contribution >= 0.6 is 11.6 Å². The van der Waals surface area contributed by atoms with Gasteiger partial charge >= 0.3 is 0 Å². The van der Waals surface area contributed by atoms with E-state index in [0.717, 1.165) is 5.56 Å². The van der Waals surface area contributed by atoms with Crippen molar-refractivity contribution in [1.82, 2.24) is 19.8 Å². The average Bonchev–Trinajstić information content (AvgIpc) is 3.34. The van der Waals surface area contributed by atoms with Crippen LogP contribution in [0.15, 0.2) is 53.6 Å². The Morgan fingerprint density at radius 1 is 1.10 bits per heavy atom. The number of fused-ring (bicyclic) bond motifs is 2. The van der Waals surface area contributed by atoms with E-state index in [0.29, 0.717) is 23.0 Å². The van der Waals surface area contributed by atoms with E-state index in [1.165, 1.54) is 16.6 Å². The monoisotopic (exact) mass is 410 g/mol. The molecule has 1 N–H and O–H groups in total. The molecule has 8 nitrogen and oxygen atoms in total. The molecule has 0 atom stereocenters. The maximum absolute atomic E-state index is 14.3. The minimum absolute atomic E-state index is 0.134. The lowest BCUT2D eigenvalue weighted by Crippen LogP contribution is -2.01. The summed E-state index contributed by atoms with van der Waals surface area (Å²) in [5, 5.41) is 16.8. The van der Waals surface area contributed by atoms with Crippen molar-refractivity contribution in [3.63, 3.8) is 0 Å². The predicted octanol–water partition coefficient (Wildman–Crippen LogP) is 3.76. The van der Waals surface area contributed by atoms with Crippen LogP contribution in [0, 0.1) is 5.82 Å². The molecule has 0 spiro atoms. The van der Waals surface area contributed by atoms with Crippen LogP contribution in [0.5, 0.6) is 11.5 Å². The second-order valence-electron chi connectivity index (χ2n) is 6.09. The molecular formula is C19H12ClFN6O2. The van der Waals surface area contributed by atoms with Gasteiger partial charge < -0.3 is 9.47 Å². The van der Waals surface area contributed by atoms with Crippen LogP contribution in [0.2, 0.25) is 5.02 Å². The van der Waals surface area contributed by atoms with Gasteiger partial charge in [-0.15, -0.1) is 15.3 Å². The van der Waals surface area contributed by atoms with Crippen molar-refractivity contribution in [2.24, 2.45) is 5.10 Å². The minimum atomic E-state index is -0.507. The fourth-order valence-corrected chi connectivity index (χ4v) is 3.13. The number of aromatic nitrogens is 4. The van der Waals surface area contributed by atoms with Gasteiger partial charge in [0.25, 0.3) is 0 Å². The SMILES string of the molecule is Fc1cccc(Cl)c1-c1nnc2ccc(N/N=C\c3ccc4c(c3)OCO4)nn12. The summed E-state index contributed by atoms with van der Waals surface area (Å²) in [6, 6.07) is 13.3. The molecule has 3 heterocycles. The van der Waals surface area contributed by atoms with Crippen molar-refractivity contribution in [3.8, 4) is 22.9 Å². The number of hydrogen-bond donors (Lipinski definition) is 1. The average molecular weight is 411 g/mol. The highest BCUT2D eigenvalue weighted by Gasteiger charge is 2.17. The Hall–Kier alpha value is -3.72. The minimum Gasteiger partial charge on any atom is -0.454 e. The number of benzene rings is 2. The highest BCUT2D eigenvalue weighted by Crippen LogP contribution is 2.32. The van der Waals surface area contributed by atoms with Crippen LogP contribution in [-0.4, -0.2) is 32.8 Å². The first kappa shape index (κ1) is 17.4. The van der Waals surface area contributed by atoms with E-state index in [2.05, 4.69) is 25.8 Å². The predicted molar refractivity (Wildman–Crippen MR) is 105 cm³/mol. The first-order valence-corrected chi connectivity index (χ1v) is 8.92. The molecule has 0 bridgehead atoms. The Kier molecular flexibility index (Phi) is 4.21. The molecule has 1 aliphatic heterocycles. The molecule has 0 amide bonds. The summed E-state index contributed by atoms with van der Waals surface area (Å²) in [6.45, 7) is 0.214. The Morgan fingerprint density at radius 3 is 2.90 bits per heavy atom. The van der Waals surface area contributed by atoms with Crippen molar-refractivity contribution >= 4 is 29.3 Å². The maximum Gasteiger partial charge on any atom is 0.231 e. The Balaban J connectivity index is 1.43. The number of rotatable bonds is 4. The highest BCUT2D eigenvalue weighted by atomic mass is 35.5. The van der Waals surface area contributed by atoms with Crippen molar-refractivity contribution in [2.75, 3.05) is 12.2 Å². The number of hydrogen-bond acceptors (Lipinski definition) is 7. The third-order valence-electron chi connectivity index (χ3n) is 4.24. The quantitative estimate of drug-likeness (QED) is 0.407. The molecule has 5 rings (SSSR count). The molecule has 4 aromatic rings. The van der Waals surface area contributed by atoms with Crippen LogP contribution in [0.1, 0.15) is 5.56 Å². The van der Waals surface area contributed by atoms with Gasteiger partial charge in [-0.25, -0.2) is 4.39 Å². The van der Waals surface area contributed by atoms with Gasteiger partial charge in [0.05, 0.1) is 16.8 Å². The van der Waals surface area contributed by atoms with Gasteiger partial charge in [0.15, 0.2) is 28.8 Å². The van der Waals surface area contributed by atoms with Crippen LogP contribution in [0.4, 0.5) is 10.2 Å². The largest absolute Gasteiger partial charge is 0.454 e. The summed E-state index contributed by atoms with van der Waals surface area (Å²) in [4.78, 5) is 0. The van der Waals surface area contributed by atoms with Crippen molar-refractivity contribution in [2.45, 2.75) is 0 Å². The molecular weight excluding hydrogens is 399 g/mol. The zero-order valence-corrected chi connectivity index (χ0v) is 15.5. The number of halogens is 2. The number of nitrogens with one attached hydrogen (secondary N) is 1. The van der Waals surface area contributed by atoms with Crippen molar-refractivity contribution in [1.29, 1.82) is 0 Å². The van der Waals surface area contributed by atoms with Gasteiger partial charge in [-0.05, 0) is 48.0 Å².